The molecule has 2 aromatic rings. The molecular formula is C17H19ClO. The highest BCUT2D eigenvalue weighted by Gasteiger charge is 2.08. The highest BCUT2D eigenvalue weighted by Crippen LogP contribution is 2.31. The molecule has 0 radical (unpaired) electrons. The van der Waals surface area contributed by atoms with E-state index in [-0.39, 0.29) is 0 Å². The maximum absolute atomic E-state index is 5.79. The molecule has 0 amide bonds. The summed E-state index contributed by atoms with van der Waals surface area (Å²) >= 11 is 5.68. The molecule has 0 spiro atoms. The van der Waals surface area contributed by atoms with E-state index in [1.807, 2.05) is 12.1 Å². The first kappa shape index (κ1) is 14.0. The van der Waals surface area contributed by atoms with Gasteiger partial charge in [-0.1, -0.05) is 36.4 Å². The Kier molecular flexibility index (Phi) is 4.86. The van der Waals surface area contributed by atoms with Crippen molar-refractivity contribution in [2.45, 2.75) is 20.3 Å². The first-order valence-electron chi connectivity index (χ1n) is 6.58. The van der Waals surface area contributed by atoms with Crippen molar-refractivity contribution in [2.75, 3.05) is 12.5 Å². The fourth-order valence-corrected chi connectivity index (χ4v) is 2.28. The van der Waals surface area contributed by atoms with Crippen LogP contribution >= 0.6 is 11.6 Å². The number of hydrogen-bond donors (Lipinski definition) is 0. The Bertz CT molecular complexity index is 549. The second kappa shape index (κ2) is 6.63. The molecule has 2 aromatic carbocycles. The van der Waals surface area contributed by atoms with Crippen LogP contribution in [-0.2, 0) is 0 Å². The van der Waals surface area contributed by atoms with Gasteiger partial charge in [0.05, 0.1) is 6.61 Å². The third kappa shape index (κ3) is 3.30. The van der Waals surface area contributed by atoms with E-state index in [0.717, 1.165) is 12.2 Å². The van der Waals surface area contributed by atoms with Crippen molar-refractivity contribution in [3.63, 3.8) is 0 Å². The molecule has 100 valence electrons. The summed E-state index contributed by atoms with van der Waals surface area (Å²) in [7, 11) is 0. The standard InChI is InChI=1S/C17H19ClO/c1-13-7-3-4-8-15(13)16-9-5-10-17(14(16)2)19-12-6-11-18/h3-5,7-10H,6,11-12H2,1-2H3. The molecule has 2 heteroatoms. The van der Waals surface area contributed by atoms with Crippen molar-refractivity contribution >= 4 is 11.6 Å². The summed E-state index contributed by atoms with van der Waals surface area (Å²) < 4.78 is 5.79. The van der Waals surface area contributed by atoms with Crippen molar-refractivity contribution in [1.29, 1.82) is 0 Å². The van der Waals surface area contributed by atoms with Gasteiger partial charge in [-0.15, -0.1) is 11.6 Å². The Hall–Kier alpha value is -1.47. The topological polar surface area (TPSA) is 9.23 Å². The lowest BCUT2D eigenvalue weighted by atomic mass is 9.96. The molecule has 0 aromatic heterocycles. The zero-order valence-electron chi connectivity index (χ0n) is 11.4. The van der Waals surface area contributed by atoms with Crippen LogP contribution in [0.3, 0.4) is 0 Å². The first-order chi connectivity index (χ1) is 9.24. The van der Waals surface area contributed by atoms with Crippen LogP contribution in [0.15, 0.2) is 42.5 Å². The van der Waals surface area contributed by atoms with Gasteiger partial charge >= 0.3 is 0 Å². The highest BCUT2D eigenvalue weighted by atomic mass is 35.5. The fourth-order valence-electron chi connectivity index (χ4n) is 2.17. The van der Waals surface area contributed by atoms with Crippen LogP contribution in [0.4, 0.5) is 0 Å². The molecule has 0 saturated carbocycles. The average Bonchev–Trinajstić information content (AvgIpc) is 2.42. The molecule has 1 nitrogen and oxygen atoms in total. The van der Waals surface area contributed by atoms with Gasteiger partial charge in [0.1, 0.15) is 5.75 Å². The van der Waals surface area contributed by atoms with Gasteiger partial charge in [-0.25, -0.2) is 0 Å². The van der Waals surface area contributed by atoms with Crippen LogP contribution in [0, 0.1) is 13.8 Å². The van der Waals surface area contributed by atoms with Gasteiger partial charge < -0.3 is 4.74 Å². The quantitative estimate of drug-likeness (QED) is 0.552. The van der Waals surface area contributed by atoms with E-state index >= 15 is 0 Å². The predicted molar refractivity (Wildman–Crippen MR) is 82.2 cm³/mol. The Labute approximate surface area is 120 Å². The summed E-state index contributed by atoms with van der Waals surface area (Å²) in [4.78, 5) is 0. The molecule has 0 atom stereocenters. The average molecular weight is 275 g/mol. The van der Waals surface area contributed by atoms with Crippen molar-refractivity contribution in [2.24, 2.45) is 0 Å². The maximum Gasteiger partial charge on any atom is 0.122 e. The number of halogens is 1. The third-order valence-electron chi connectivity index (χ3n) is 3.25. The predicted octanol–water partition coefficient (Wildman–Crippen LogP) is 4.98. The largest absolute Gasteiger partial charge is 0.493 e. The van der Waals surface area contributed by atoms with Gasteiger partial charge in [0, 0.05) is 5.88 Å². The lowest BCUT2D eigenvalue weighted by Crippen LogP contribution is -2.00. The molecule has 19 heavy (non-hydrogen) atoms. The summed E-state index contributed by atoms with van der Waals surface area (Å²) in [6.45, 7) is 4.91. The monoisotopic (exact) mass is 274 g/mol. The van der Waals surface area contributed by atoms with E-state index in [0.29, 0.717) is 12.5 Å². The van der Waals surface area contributed by atoms with E-state index in [1.165, 1.54) is 22.3 Å². The lowest BCUT2D eigenvalue weighted by molar-refractivity contribution is 0.316. The molecule has 0 aliphatic carbocycles. The number of aryl methyl sites for hydroxylation is 1. The molecule has 0 heterocycles. The van der Waals surface area contributed by atoms with Crippen molar-refractivity contribution < 1.29 is 4.74 Å². The van der Waals surface area contributed by atoms with Crippen LogP contribution in [0.2, 0.25) is 0 Å². The van der Waals surface area contributed by atoms with Crippen molar-refractivity contribution in [1.82, 2.24) is 0 Å². The lowest BCUT2D eigenvalue weighted by Gasteiger charge is -2.14. The van der Waals surface area contributed by atoms with Crippen LogP contribution in [0.1, 0.15) is 17.5 Å². The Morgan fingerprint density at radius 3 is 2.42 bits per heavy atom. The fraction of sp³-hybridized carbons (Fsp3) is 0.294. The van der Waals surface area contributed by atoms with E-state index in [1.54, 1.807) is 0 Å². The van der Waals surface area contributed by atoms with Gasteiger partial charge in [0.2, 0.25) is 0 Å². The van der Waals surface area contributed by atoms with E-state index in [9.17, 15) is 0 Å². The number of ether oxygens (including phenoxy) is 1. The molecular weight excluding hydrogens is 256 g/mol. The SMILES string of the molecule is Cc1ccccc1-c1cccc(OCCCCl)c1C. The molecule has 0 bridgehead atoms. The number of rotatable bonds is 5. The smallest absolute Gasteiger partial charge is 0.122 e. The molecule has 0 saturated heterocycles. The normalized spacial score (nSPS) is 10.5. The third-order valence-corrected chi connectivity index (χ3v) is 3.52. The molecule has 0 N–H and O–H groups in total. The van der Waals surface area contributed by atoms with Crippen molar-refractivity contribution in [3.05, 3.63) is 53.6 Å². The second-order valence-electron chi connectivity index (χ2n) is 4.63. The zero-order valence-corrected chi connectivity index (χ0v) is 12.2. The minimum atomic E-state index is 0.635. The summed E-state index contributed by atoms with van der Waals surface area (Å²) in [5.41, 5.74) is 4.97. The van der Waals surface area contributed by atoms with Crippen molar-refractivity contribution in [3.8, 4) is 16.9 Å². The van der Waals surface area contributed by atoms with E-state index < -0.39 is 0 Å². The Morgan fingerprint density at radius 1 is 0.947 bits per heavy atom. The van der Waals surface area contributed by atoms with Gasteiger partial charge in [0.15, 0.2) is 0 Å². The summed E-state index contributed by atoms with van der Waals surface area (Å²) in [5.74, 6) is 1.59. The molecule has 0 aliphatic heterocycles. The Morgan fingerprint density at radius 2 is 1.68 bits per heavy atom. The van der Waals surface area contributed by atoms with Gasteiger partial charge in [0.25, 0.3) is 0 Å². The molecule has 0 unspecified atom stereocenters. The van der Waals surface area contributed by atoms with Gasteiger partial charge in [-0.3, -0.25) is 0 Å². The van der Waals surface area contributed by atoms with Crippen LogP contribution < -0.4 is 4.74 Å². The van der Waals surface area contributed by atoms with Crippen LogP contribution in [0.5, 0.6) is 5.75 Å². The van der Waals surface area contributed by atoms with Crippen LogP contribution in [-0.4, -0.2) is 12.5 Å². The van der Waals surface area contributed by atoms with E-state index in [2.05, 4.69) is 44.2 Å². The summed E-state index contributed by atoms with van der Waals surface area (Å²) in [6, 6.07) is 14.6. The van der Waals surface area contributed by atoms with Crippen LogP contribution in [0.25, 0.3) is 11.1 Å². The maximum atomic E-state index is 5.79. The number of hydrogen-bond acceptors (Lipinski definition) is 1. The van der Waals surface area contributed by atoms with E-state index in [4.69, 9.17) is 16.3 Å². The minimum Gasteiger partial charge on any atom is -0.493 e. The minimum absolute atomic E-state index is 0.635. The summed E-state index contributed by atoms with van der Waals surface area (Å²) in [6.07, 6.45) is 0.871. The first-order valence-corrected chi connectivity index (χ1v) is 7.12. The van der Waals surface area contributed by atoms with Gasteiger partial charge in [-0.2, -0.15) is 0 Å². The second-order valence-corrected chi connectivity index (χ2v) is 5.01. The number of benzene rings is 2. The molecule has 0 fully saturated rings. The zero-order chi connectivity index (χ0) is 13.7. The Balaban J connectivity index is 2.32. The number of alkyl halides is 1. The highest BCUT2D eigenvalue weighted by molar-refractivity contribution is 6.17. The summed E-state index contributed by atoms with van der Waals surface area (Å²) in [5, 5.41) is 0. The molecule has 0 aliphatic rings. The van der Waals surface area contributed by atoms with Gasteiger partial charge in [-0.05, 0) is 48.6 Å². The molecule has 2 rings (SSSR count).